The van der Waals surface area contributed by atoms with Gasteiger partial charge in [-0.3, -0.25) is 9.69 Å². The Morgan fingerprint density at radius 1 is 1.28 bits per heavy atom. The first-order chi connectivity index (χ1) is 11.2. The summed E-state index contributed by atoms with van der Waals surface area (Å²) < 4.78 is 22.0. The lowest BCUT2D eigenvalue weighted by Gasteiger charge is -2.41. The molecule has 1 N–H and O–H groups in total. The molecule has 2 aliphatic rings. The summed E-state index contributed by atoms with van der Waals surface area (Å²) >= 11 is 0. The van der Waals surface area contributed by atoms with Crippen LogP contribution in [0.4, 0.5) is 4.79 Å². The van der Waals surface area contributed by atoms with E-state index in [9.17, 15) is 14.7 Å². The van der Waals surface area contributed by atoms with Crippen LogP contribution in [0.2, 0.25) is 0 Å². The van der Waals surface area contributed by atoms with Gasteiger partial charge in [-0.1, -0.05) is 0 Å². The Hall–Kier alpha value is -1.22. The second-order valence-electron chi connectivity index (χ2n) is 8.36. The average Bonchev–Trinajstić information content (AvgIpc) is 2.74. The molecule has 0 aromatic rings. The smallest absolute Gasteiger partial charge is 0.412 e. The number of ketones is 1. The quantitative estimate of drug-likeness (QED) is 0.797. The molecule has 0 aromatic heterocycles. The SMILES string of the molecule is CC(C)(C)OC(=O)N1[C@H]([C@@H](O)[C@H]2OC(C)(C)OCC2=O)COC1(C)C. The van der Waals surface area contributed by atoms with Crippen molar-refractivity contribution in [2.75, 3.05) is 13.2 Å². The predicted octanol–water partition coefficient (Wildman–Crippen LogP) is 1.44. The molecule has 3 atom stereocenters. The molecule has 0 aliphatic carbocycles. The first-order valence-corrected chi connectivity index (χ1v) is 8.42. The summed E-state index contributed by atoms with van der Waals surface area (Å²) in [5.41, 5.74) is -1.67. The van der Waals surface area contributed by atoms with Gasteiger partial charge in [0, 0.05) is 0 Å². The summed E-state index contributed by atoms with van der Waals surface area (Å²) in [4.78, 5) is 26.1. The molecule has 0 bridgehead atoms. The van der Waals surface area contributed by atoms with E-state index in [0.29, 0.717) is 0 Å². The number of ether oxygens (including phenoxy) is 4. The topological polar surface area (TPSA) is 94.5 Å². The summed E-state index contributed by atoms with van der Waals surface area (Å²) in [6.45, 7) is 11.9. The molecular formula is C17H29NO7. The molecule has 2 fully saturated rings. The van der Waals surface area contributed by atoms with Crippen molar-refractivity contribution in [2.24, 2.45) is 0 Å². The van der Waals surface area contributed by atoms with Gasteiger partial charge in [-0.15, -0.1) is 0 Å². The highest BCUT2D eigenvalue weighted by Crippen LogP contribution is 2.33. The third-order valence-corrected chi connectivity index (χ3v) is 4.10. The normalized spacial score (nSPS) is 30.2. The molecule has 0 aromatic carbocycles. The van der Waals surface area contributed by atoms with E-state index in [-0.39, 0.29) is 19.0 Å². The third kappa shape index (κ3) is 4.49. The summed E-state index contributed by atoms with van der Waals surface area (Å²) in [7, 11) is 0. The average molecular weight is 359 g/mol. The molecule has 2 heterocycles. The van der Waals surface area contributed by atoms with E-state index in [1.54, 1.807) is 48.5 Å². The standard InChI is InChI=1S/C17H29NO7/c1-15(2,3)25-14(21)18-10(8-22-16(18,4)5)12(20)13-11(19)9-23-17(6,7)24-13/h10,12-13,20H,8-9H2,1-7H3/t10-,12+,13-/m0/s1. The molecule has 0 unspecified atom stereocenters. The second kappa shape index (κ2) is 6.50. The first kappa shape index (κ1) is 20.1. The number of Topliss-reactive ketones (excluding diaryl/α,β-unsaturated/α-hetero) is 1. The summed E-state index contributed by atoms with van der Waals surface area (Å²) in [5.74, 6) is -1.37. The molecule has 2 aliphatic heterocycles. The number of amides is 1. The Labute approximate surface area is 148 Å². The lowest BCUT2D eigenvalue weighted by Crippen LogP contribution is -2.60. The van der Waals surface area contributed by atoms with Gasteiger partial charge in [0.1, 0.15) is 30.1 Å². The number of hydrogen-bond donors (Lipinski definition) is 1. The zero-order valence-corrected chi connectivity index (χ0v) is 16.0. The number of aliphatic hydroxyl groups is 1. The first-order valence-electron chi connectivity index (χ1n) is 8.42. The molecular weight excluding hydrogens is 330 g/mol. The number of nitrogens with zero attached hydrogens (tertiary/aromatic N) is 1. The predicted molar refractivity (Wildman–Crippen MR) is 87.8 cm³/mol. The Balaban J connectivity index is 2.23. The summed E-state index contributed by atoms with van der Waals surface area (Å²) in [5, 5.41) is 10.8. The monoisotopic (exact) mass is 359 g/mol. The highest BCUT2D eigenvalue weighted by Gasteiger charge is 2.52. The van der Waals surface area contributed by atoms with Gasteiger partial charge in [0.2, 0.25) is 0 Å². The number of carbonyl (C=O) groups excluding carboxylic acids is 2. The van der Waals surface area contributed by atoms with Crippen LogP contribution in [0.1, 0.15) is 48.5 Å². The Morgan fingerprint density at radius 3 is 2.44 bits per heavy atom. The minimum atomic E-state index is -1.26. The van der Waals surface area contributed by atoms with E-state index < -0.39 is 41.5 Å². The Bertz CT molecular complexity index is 538. The van der Waals surface area contributed by atoms with Crippen molar-refractivity contribution in [3.8, 4) is 0 Å². The van der Waals surface area contributed by atoms with Crippen LogP contribution >= 0.6 is 0 Å². The minimum Gasteiger partial charge on any atom is -0.444 e. The molecule has 144 valence electrons. The number of aliphatic hydroxyl groups excluding tert-OH is 1. The van der Waals surface area contributed by atoms with E-state index in [0.717, 1.165) is 0 Å². The molecule has 0 saturated carbocycles. The van der Waals surface area contributed by atoms with E-state index in [1.807, 2.05) is 0 Å². The van der Waals surface area contributed by atoms with Crippen molar-refractivity contribution in [1.29, 1.82) is 0 Å². The maximum atomic E-state index is 12.6. The molecule has 2 rings (SSSR count). The third-order valence-electron chi connectivity index (χ3n) is 4.10. The van der Waals surface area contributed by atoms with Gasteiger partial charge in [-0.25, -0.2) is 4.79 Å². The highest BCUT2D eigenvalue weighted by atomic mass is 16.7. The Kier molecular flexibility index (Phi) is 5.22. The van der Waals surface area contributed by atoms with Gasteiger partial charge < -0.3 is 24.1 Å². The molecule has 2 saturated heterocycles. The van der Waals surface area contributed by atoms with E-state index in [2.05, 4.69) is 0 Å². The summed E-state index contributed by atoms with van der Waals surface area (Å²) in [6.07, 6.45) is -2.97. The van der Waals surface area contributed by atoms with Gasteiger partial charge in [0.05, 0.1) is 12.6 Å². The van der Waals surface area contributed by atoms with Crippen molar-refractivity contribution < 1.29 is 33.6 Å². The van der Waals surface area contributed by atoms with Crippen molar-refractivity contribution in [3.05, 3.63) is 0 Å². The largest absolute Gasteiger partial charge is 0.444 e. The van der Waals surface area contributed by atoms with Gasteiger partial charge in [-0.2, -0.15) is 0 Å². The summed E-state index contributed by atoms with van der Waals surface area (Å²) in [6, 6.07) is -0.771. The lowest BCUT2D eigenvalue weighted by molar-refractivity contribution is -0.273. The van der Waals surface area contributed by atoms with E-state index in [1.165, 1.54) is 4.90 Å². The van der Waals surface area contributed by atoms with Gasteiger partial charge in [0.15, 0.2) is 11.6 Å². The number of hydrogen-bond acceptors (Lipinski definition) is 7. The van der Waals surface area contributed by atoms with Crippen molar-refractivity contribution in [1.82, 2.24) is 4.90 Å². The fourth-order valence-electron chi connectivity index (χ4n) is 2.94. The zero-order chi connectivity index (χ0) is 19.2. The minimum absolute atomic E-state index is 0.0713. The van der Waals surface area contributed by atoms with Crippen LogP contribution in [0.15, 0.2) is 0 Å². The molecule has 25 heavy (non-hydrogen) atoms. The van der Waals surface area contributed by atoms with Crippen LogP contribution in [-0.4, -0.2) is 70.5 Å². The molecule has 8 heteroatoms. The number of carbonyl (C=O) groups is 2. The van der Waals surface area contributed by atoms with E-state index >= 15 is 0 Å². The molecule has 0 spiro atoms. The van der Waals surface area contributed by atoms with Crippen LogP contribution < -0.4 is 0 Å². The van der Waals surface area contributed by atoms with Crippen LogP contribution in [0.3, 0.4) is 0 Å². The van der Waals surface area contributed by atoms with Gasteiger partial charge in [-0.05, 0) is 48.5 Å². The number of rotatable bonds is 2. The van der Waals surface area contributed by atoms with Crippen molar-refractivity contribution in [2.45, 2.75) is 83.8 Å². The van der Waals surface area contributed by atoms with Crippen molar-refractivity contribution >= 4 is 11.9 Å². The van der Waals surface area contributed by atoms with Crippen LogP contribution in [0.25, 0.3) is 0 Å². The second-order valence-corrected chi connectivity index (χ2v) is 8.36. The van der Waals surface area contributed by atoms with Crippen molar-refractivity contribution in [3.63, 3.8) is 0 Å². The maximum absolute atomic E-state index is 12.6. The van der Waals surface area contributed by atoms with Gasteiger partial charge >= 0.3 is 6.09 Å². The molecule has 1 amide bonds. The zero-order valence-electron chi connectivity index (χ0n) is 16.0. The molecule has 0 radical (unpaired) electrons. The maximum Gasteiger partial charge on any atom is 0.412 e. The highest BCUT2D eigenvalue weighted by molar-refractivity contribution is 5.85. The van der Waals surface area contributed by atoms with Crippen LogP contribution in [-0.2, 0) is 23.7 Å². The fourth-order valence-corrected chi connectivity index (χ4v) is 2.94. The van der Waals surface area contributed by atoms with Crippen LogP contribution in [0, 0.1) is 0 Å². The van der Waals surface area contributed by atoms with Crippen LogP contribution in [0.5, 0.6) is 0 Å². The molecule has 8 nitrogen and oxygen atoms in total. The van der Waals surface area contributed by atoms with E-state index in [4.69, 9.17) is 18.9 Å². The lowest BCUT2D eigenvalue weighted by atomic mass is 10.00. The fraction of sp³-hybridized carbons (Fsp3) is 0.882. The Morgan fingerprint density at radius 2 is 1.88 bits per heavy atom. The van der Waals surface area contributed by atoms with Gasteiger partial charge in [0.25, 0.3) is 0 Å².